The van der Waals surface area contributed by atoms with E-state index in [-0.39, 0.29) is 5.91 Å². The quantitative estimate of drug-likeness (QED) is 0.708. The normalized spacial score (nSPS) is 15.3. The number of hydrogen-bond acceptors (Lipinski definition) is 6. The number of nitrogens with zero attached hydrogens (tertiary/aromatic N) is 4. The Morgan fingerprint density at radius 3 is 2.62 bits per heavy atom. The van der Waals surface area contributed by atoms with Gasteiger partial charge in [-0.1, -0.05) is 28.9 Å². The van der Waals surface area contributed by atoms with Crippen molar-refractivity contribution in [3.63, 3.8) is 0 Å². The van der Waals surface area contributed by atoms with Crippen molar-refractivity contribution in [3.05, 3.63) is 58.8 Å². The Labute approximate surface area is 156 Å². The van der Waals surface area contributed by atoms with E-state index in [4.69, 9.17) is 4.52 Å². The van der Waals surface area contributed by atoms with Gasteiger partial charge in [0.05, 0.1) is 11.4 Å². The lowest BCUT2D eigenvalue weighted by Crippen LogP contribution is -2.48. The number of carbonyl (C=O) groups is 1. The largest absolute Gasteiger partial charge is 0.338 e. The molecule has 0 bridgehead atoms. The van der Waals surface area contributed by atoms with Crippen LogP contribution >= 0.6 is 11.3 Å². The molecule has 26 heavy (non-hydrogen) atoms. The van der Waals surface area contributed by atoms with Crippen LogP contribution in [0, 0.1) is 6.92 Å². The summed E-state index contributed by atoms with van der Waals surface area (Å²) in [4.78, 5) is 22.2. The van der Waals surface area contributed by atoms with E-state index in [1.54, 1.807) is 11.3 Å². The van der Waals surface area contributed by atoms with Crippen molar-refractivity contribution in [3.8, 4) is 10.7 Å². The van der Waals surface area contributed by atoms with Crippen LogP contribution < -0.4 is 0 Å². The van der Waals surface area contributed by atoms with Crippen LogP contribution in [0.1, 0.15) is 21.8 Å². The molecule has 1 aromatic carbocycles. The highest BCUT2D eigenvalue weighted by molar-refractivity contribution is 7.13. The highest BCUT2D eigenvalue weighted by Gasteiger charge is 2.23. The van der Waals surface area contributed by atoms with Gasteiger partial charge in [0.25, 0.3) is 5.91 Å². The zero-order valence-electron chi connectivity index (χ0n) is 14.6. The summed E-state index contributed by atoms with van der Waals surface area (Å²) in [6, 6.07) is 11.7. The van der Waals surface area contributed by atoms with Gasteiger partial charge in [0.15, 0.2) is 0 Å². The molecule has 1 fully saturated rings. The molecule has 6 nitrogen and oxygen atoms in total. The van der Waals surface area contributed by atoms with Crippen LogP contribution in [0.15, 0.2) is 46.3 Å². The molecule has 0 radical (unpaired) electrons. The fourth-order valence-corrected chi connectivity index (χ4v) is 3.65. The van der Waals surface area contributed by atoms with E-state index < -0.39 is 0 Å². The van der Waals surface area contributed by atoms with Crippen LogP contribution in [-0.2, 0) is 6.54 Å². The van der Waals surface area contributed by atoms with Crippen molar-refractivity contribution < 1.29 is 9.32 Å². The molecule has 0 spiro atoms. The lowest BCUT2D eigenvalue weighted by molar-refractivity contribution is 0.0615. The number of hydrogen-bond donors (Lipinski definition) is 0. The molecule has 0 saturated carbocycles. The summed E-state index contributed by atoms with van der Waals surface area (Å²) in [5, 5.41) is 6.04. The Morgan fingerprint density at radius 2 is 1.92 bits per heavy atom. The van der Waals surface area contributed by atoms with Crippen molar-refractivity contribution in [1.29, 1.82) is 0 Å². The van der Waals surface area contributed by atoms with Crippen LogP contribution in [0.4, 0.5) is 0 Å². The Hall–Kier alpha value is -2.51. The highest BCUT2D eigenvalue weighted by Crippen LogP contribution is 2.21. The average molecular weight is 368 g/mol. The first-order valence-corrected chi connectivity index (χ1v) is 9.52. The minimum atomic E-state index is 0.0995. The molecule has 0 atom stereocenters. The predicted octanol–water partition coefficient (Wildman–Crippen LogP) is 3.06. The number of rotatable bonds is 4. The van der Waals surface area contributed by atoms with Crippen molar-refractivity contribution in [1.82, 2.24) is 19.9 Å². The van der Waals surface area contributed by atoms with Crippen molar-refractivity contribution in [2.75, 3.05) is 26.2 Å². The second kappa shape index (κ2) is 7.39. The third-order valence-electron chi connectivity index (χ3n) is 4.53. The van der Waals surface area contributed by atoms with Crippen molar-refractivity contribution in [2.24, 2.45) is 0 Å². The molecule has 134 valence electrons. The van der Waals surface area contributed by atoms with Crippen molar-refractivity contribution >= 4 is 17.2 Å². The van der Waals surface area contributed by atoms with Gasteiger partial charge in [-0.05, 0) is 30.5 Å². The topological polar surface area (TPSA) is 62.5 Å². The van der Waals surface area contributed by atoms with Gasteiger partial charge < -0.3 is 9.42 Å². The van der Waals surface area contributed by atoms with Crippen LogP contribution in [-0.4, -0.2) is 52.0 Å². The summed E-state index contributed by atoms with van der Waals surface area (Å²) in [7, 11) is 0. The number of benzene rings is 1. The lowest BCUT2D eigenvalue weighted by atomic mass is 10.1. The Bertz CT molecular complexity index is 865. The molecule has 1 saturated heterocycles. The number of aryl methyl sites for hydroxylation is 1. The highest BCUT2D eigenvalue weighted by atomic mass is 32.1. The summed E-state index contributed by atoms with van der Waals surface area (Å²) in [5.41, 5.74) is 1.91. The molecule has 0 aliphatic carbocycles. The zero-order valence-corrected chi connectivity index (χ0v) is 15.4. The van der Waals surface area contributed by atoms with Gasteiger partial charge in [-0.2, -0.15) is 4.98 Å². The predicted molar refractivity (Wildman–Crippen MR) is 100.0 cm³/mol. The molecule has 2 aromatic heterocycles. The number of aromatic nitrogens is 2. The molecule has 1 amide bonds. The first-order chi connectivity index (χ1) is 12.7. The summed E-state index contributed by atoms with van der Waals surface area (Å²) in [6.45, 7) is 5.65. The second-order valence-electron chi connectivity index (χ2n) is 6.42. The molecule has 3 aromatic rings. The summed E-state index contributed by atoms with van der Waals surface area (Å²) < 4.78 is 5.37. The third kappa shape index (κ3) is 3.68. The maximum Gasteiger partial charge on any atom is 0.253 e. The number of piperazine rings is 1. The third-order valence-corrected chi connectivity index (χ3v) is 5.39. The van der Waals surface area contributed by atoms with Gasteiger partial charge >= 0.3 is 0 Å². The molecule has 1 aliphatic rings. The lowest BCUT2D eigenvalue weighted by Gasteiger charge is -2.34. The van der Waals surface area contributed by atoms with E-state index in [9.17, 15) is 4.79 Å². The molecule has 0 N–H and O–H groups in total. The van der Waals surface area contributed by atoms with Gasteiger partial charge in [0, 0.05) is 31.7 Å². The molecular weight excluding hydrogens is 348 g/mol. The number of thiophene rings is 1. The van der Waals surface area contributed by atoms with Crippen LogP contribution in [0.2, 0.25) is 0 Å². The van der Waals surface area contributed by atoms with E-state index in [1.165, 1.54) is 0 Å². The van der Waals surface area contributed by atoms with E-state index in [1.807, 2.05) is 53.6 Å². The maximum absolute atomic E-state index is 12.6. The smallest absolute Gasteiger partial charge is 0.253 e. The van der Waals surface area contributed by atoms with Gasteiger partial charge in [-0.15, -0.1) is 11.3 Å². The maximum atomic E-state index is 12.6. The van der Waals surface area contributed by atoms with E-state index in [0.717, 1.165) is 29.1 Å². The summed E-state index contributed by atoms with van der Waals surface area (Å²) in [5.74, 6) is 1.36. The second-order valence-corrected chi connectivity index (χ2v) is 7.37. The fraction of sp³-hybridized carbons (Fsp3) is 0.316. The van der Waals surface area contributed by atoms with Crippen molar-refractivity contribution in [2.45, 2.75) is 13.5 Å². The molecule has 7 heteroatoms. The van der Waals surface area contributed by atoms with Gasteiger partial charge in [0.2, 0.25) is 11.7 Å². The van der Waals surface area contributed by atoms with Gasteiger partial charge in [0.1, 0.15) is 0 Å². The summed E-state index contributed by atoms with van der Waals surface area (Å²) >= 11 is 1.59. The number of amides is 1. The monoisotopic (exact) mass is 368 g/mol. The zero-order chi connectivity index (χ0) is 17.9. The first kappa shape index (κ1) is 16.9. The van der Waals surface area contributed by atoms with Gasteiger partial charge in [-0.25, -0.2) is 0 Å². The van der Waals surface area contributed by atoms with Crippen LogP contribution in [0.3, 0.4) is 0 Å². The summed E-state index contributed by atoms with van der Waals surface area (Å²) in [6.07, 6.45) is 0. The van der Waals surface area contributed by atoms with E-state index in [2.05, 4.69) is 15.0 Å². The van der Waals surface area contributed by atoms with Crippen LogP contribution in [0.5, 0.6) is 0 Å². The van der Waals surface area contributed by atoms with E-state index in [0.29, 0.717) is 31.3 Å². The van der Waals surface area contributed by atoms with Gasteiger partial charge in [-0.3, -0.25) is 9.69 Å². The SMILES string of the molecule is Cc1ccc(C(=O)N2CCN(Cc3nc(-c4cccs4)no3)CC2)cc1. The van der Waals surface area contributed by atoms with E-state index >= 15 is 0 Å². The Balaban J connectivity index is 1.32. The first-order valence-electron chi connectivity index (χ1n) is 8.64. The molecule has 1 aliphatic heterocycles. The van der Waals surface area contributed by atoms with Crippen LogP contribution in [0.25, 0.3) is 10.7 Å². The Kier molecular flexibility index (Phi) is 4.81. The standard InChI is InChI=1S/C19H20N4O2S/c1-14-4-6-15(7-5-14)19(24)23-10-8-22(9-11-23)13-17-20-18(21-25-17)16-3-2-12-26-16/h2-7,12H,8-11,13H2,1H3. The fourth-order valence-electron chi connectivity index (χ4n) is 3.00. The number of carbonyl (C=O) groups excluding carboxylic acids is 1. The minimum absolute atomic E-state index is 0.0995. The Morgan fingerprint density at radius 1 is 1.15 bits per heavy atom. The molecule has 0 unspecified atom stereocenters. The molecular formula is C19H20N4O2S. The average Bonchev–Trinajstić information content (AvgIpc) is 3.34. The molecule has 3 heterocycles. The molecule has 4 rings (SSSR count). The minimum Gasteiger partial charge on any atom is -0.338 e.